The van der Waals surface area contributed by atoms with Gasteiger partial charge in [-0.2, -0.15) is 0 Å². The van der Waals surface area contributed by atoms with E-state index in [9.17, 15) is 14.9 Å². The zero-order valence-electron chi connectivity index (χ0n) is 18.0. The van der Waals surface area contributed by atoms with E-state index >= 15 is 0 Å². The molecule has 0 N–H and O–H groups in total. The summed E-state index contributed by atoms with van der Waals surface area (Å²) in [7, 11) is 1.70. The monoisotopic (exact) mass is 439 g/mol. The smallest absolute Gasteiger partial charge is 0.269 e. The molecule has 0 spiro atoms. The average Bonchev–Trinajstić information content (AvgIpc) is 3.19. The first-order valence-electron chi connectivity index (χ1n) is 9.94. The third-order valence-corrected chi connectivity index (χ3v) is 6.12. The van der Waals surface area contributed by atoms with Gasteiger partial charge in [0.1, 0.15) is 0 Å². The molecule has 8 nitrogen and oxygen atoms in total. The van der Waals surface area contributed by atoms with Crippen LogP contribution in [-0.2, 0) is 11.3 Å². The summed E-state index contributed by atoms with van der Waals surface area (Å²) < 4.78 is 2.00. The van der Waals surface area contributed by atoms with Crippen LogP contribution in [0.3, 0.4) is 0 Å². The number of rotatable bonds is 8. The van der Waals surface area contributed by atoms with Gasteiger partial charge >= 0.3 is 0 Å². The molecule has 0 aliphatic carbocycles. The highest BCUT2D eigenvalue weighted by molar-refractivity contribution is 7.99. The summed E-state index contributed by atoms with van der Waals surface area (Å²) in [6, 6.07) is 14.1. The molecule has 1 atom stereocenters. The first-order chi connectivity index (χ1) is 14.8. The van der Waals surface area contributed by atoms with E-state index < -0.39 is 4.92 Å². The Morgan fingerprint density at radius 2 is 1.97 bits per heavy atom. The lowest BCUT2D eigenvalue weighted by Gasteiger charge is -2.25. The lowest BCUT2D eigenvalue weighted by atomic mass is 10.1. The molecule has 1 amide bonds. The third-order valence-electron chi connectivity index (χ3n) is 5.17. The van der Waals surface area contributed by atoms with Crippen molar-refractivity contribution in [2.45, 2.75) is 38.5 Å². The third kappa shape index (κ3) is 5.11. The van der Waals surface area contributed by atoms with Crippen molar-refractivity contribution in [1.82, 2.24) is 19.7 Å². The van der Waals surface area contributed by atoms with Crippen LogP contribution in [0.5, 0.6) is 0 Å². The van der Waals surface area contributed by atoms with Crippen molar-refractivity contribution in [2.75, 3.05) is 12.8 Å². The van der Waals surface area contributed by atoms with Crippen LogP contribution >= 0.6 is 11.8 Å². The predicted octanol–water partition coefficient (Wildman–Crippen LogP) is 4.49. The van der Waals surface area contributed by atoms with Gasteiger partial charge in [0.15, 0.2) is 11.0 Å². The molecule has 0 saturated heterocycles. The van der Waals surface area contributed by atoms with Gasteiger partial charge in [-0.3, -0.25) is 14.9 Å². The molecule has 3 aromatic rings. The highest BCUT2D eigenvalue weighted by Gasteiger charge is 2.21. The van der Waals surface area contributed by atoms with Gasteiger partial charge in [0.2, 0.25) is 5.91 Å². The van der Waals surface area contributed by atoms with Crippen LogP contribution in [0, 0.1) is 17.0 Å². The quantitative estimate of drug-likeness (QED) is 0.291. The molecule has 0 saturated carbocycles. The number of amides is 1. The van der Waals surface area contributed by atoms with Crippen LogP contribution in [0.2, 0.25) is 0 Å². The molecular weight excluding hydrogens is 414 g/mol. The van der Waals surface area contributed by atoms with Gasteiger partial charge in [-0.15, -0.1) is 10.2 Å². The highest BCUT2D eigenvalue weighted by Crippen LogP contribution is 2.27. The van der Waals surface area contributed by atoms with E-state index in [1.165, 1.54) is 23.9 Å². The predicted molar refractivity (Wildman–Crippen MR) is 121 cm³/mol. The van der Waals surface area contributed by atoms with Gasteiger partial charge in [-0.1, -0.05) is 47.7 Å². The fourth-order valence-corrected chi connectivity index (χ4v) is 4.17. The van der Waals surface area contributed by atoms with Crippen LogP contribution in [0.15, 0.2) is 53.7 Å². The maximum Gasteiger partial charge on any atom is 0.269 e. The first-order valence-corrected chi connectivity index (χ1v) is 10.9. The number of nitro benzene ring substituents is 1. The zero-order valence-corrected chi connectivity index (χ0v) is 18.8. The van der Waals surface area contributed by atoms with Crippen LogP contribution < -0.4 is 0 Å². The van der Waals surface area contributed by atoms with Crippen molar-refractivity contribution in [2.24, 2.45) is 0 Å². The largest absolute Gasteiger partial charge is 0.338 e. The SMILES string of the molecule is CCn1c(SCC(=O)N(C)C(C)c2cccc([N+](=O)[O-])c2)nnc1-c1cccc(C)c1. The van der Waals surface area contributed by atoms with Crippen LogP contribution in [0.1, 0.15) is 31.0 Å². The number of aryl methyl sites for hydroxylation is 1. The maximum absolute atomic E-state index is 12.8. The van der Waals surface area contributed by atoms with Crippen LogP contribution in [0.25, 0.3) is 11.4 Å². The van der Waals surface area contributed by atoms with Gasteiger partial charge in [0.25, 0.3) is 5.69 Å². The molecule has 0 fully saturated rings. The number of non-ortho nitro benzene ring substituents is 1. The van der Waals surface area contributed by atoms with Crippen LogP contribution in [-0.4, -0.2) is 43.3 Å². The van der Waals surface area contributed by atoms with Crippen molar-refractivity contribution < 1.29 is 9.72 Å². The number of benzene rings is 2. The molecule has 2 aromatic carbocycles. The number of thioether (sulfide) groups is 1. The summed E-state index contributed by atoms with van der Waals surface area (Å²) >= 11 is 1.34. The Bertz CT molecular complexity index is 1100. The van der Waals surface area contributed by atoms with E-state index in [0.717, 1.165) is 17.0 Å². The van der Waals surface area contributed by atoms with Crippen molar-refractivity contribution in [3.63, 3.8) is 0 Å². The van der Waals surface area contributed by atoms with E-state index in [2.05, 4.69) is 16.3 Å². The molecule has 31 heavy (non-hydrogen) atoms. The molecule has 0 aliphatic heterocycles. The number of carbonyl (C=O) groups excluding carboxylic acids is 1. The maximum atomic E-state index is 12.8. The van der Waals surface area contributed by atoms with Gasteiger partial charge in [-0.25, -0.2) is 0 Å². The number of nitrogens with zero attached hydrogens (tertiary/aromatic N) is 5. The topological polar surface area (TPSA) is 94.2 Å². The number of hydrogen-bond acceptors (Lipinski definition) is 6. The second-order valence-corrected chi connectivity index (χ2v) is 8.18. The van der Waals surface area contributed by atoms with Crippen molar-refractivity contribution >= 4 is 23.4 Å². The summed E-state index contributed by atoms with van der Waals surface area (Å²) in [5.41, 5.74) is 2.86. The summed E-state index contributed by atoms with van der Waals surface area (Å²) in [6.45, 7) is 6.59. The molecule has 1 aromatic heterocycles. The molecule has 1 heterocycles. The first kappa shape index (κ1) is 22.5. The van der Waals surface area contributed by atoms with Crippen molar-refractivity contribution in [3.05, 3.63) is 69.8 Å². The molecule has 9 heteroatoms. The lowest BCUT2D eigenvalue weighted by molar-refractivity contribution is -0.384. The van der Waals surface area contributed by atoms with Gasteiger partial charge in [0, 0.05) is 31.3 Å². The molecule has 0 aliphatic rings. The average molecular weight is 440 g/mol. The summed E-state index contributed by atoms with van der Waals surface area (Å²) in [6.07, 6.45) is 0. The van der Waals surface area contributed by atoms with E-state index in [1.807, 2.05) is 43.5 Å². The van der Waals surface area contributed by atoms with E-state index in [0.29, 0.717) is 17.3 Å². The van der Waals surface area contributed by atoms with Gasteiger partial charge < -0.3 is 9.47 Å². The van der Waals surface area contributed by atoms with E-state index in [-0.39, 0.29) is 23.4 Å². The molecule has 0 radical (unpaired) electrons. The van der Waals surface area contributed by atoms with Crippen LogP contribution in [0.4, 0.5) is 5.69 Å². The Hall–Kier alpha value is -3.20. The Morgan fingerprint density at radius 1 is 1.23 bits per heavy atom. The highest BCUT2D eigenvalue weighted by atomic mass is 32.2. The molecule has 162 valence electrons. The minimum atomic E-state index is -0.433. The van der Waals surface area contributed by atoms with Gasteiger partial charge in [0.05, 0.1) is 16.7 Å². The zero-order chi connectivity index (χ0) is 22.5. The number of nitro groups is 1. The number of hydrogen-bond donors (Lipinski definition) is 0. The van der Waals surface area contributed by atoms with Gasteiger partial charge in [-0.05, 0) is 32.4 Å². The summed E-state index contributed by atoms with van der Waals surface area (Å²) in [5, 5.41) is 20.3. The normalized spacial score (nSPS) is 11.9. The Labute approximate surface area is 185 Å². The van der Waals surface area contributed by atoms with Crippen molar-refractivity contribution in [3.8, 4) is 11.4 Å². The number of carbonyl (C=O) groups is 1. The fourth-order valence-electron chi connectivity index (χ4n) is 3.24. The van der Waals surface area contributed by atoms with Crippen molar-refractivity contribution in [1.29, 1.82) is 0 Å². The van der Waals surface area contributed by atoms with E-state index in [1.54, 1.807) is 24.1 Å². The minimum Gasteiger partial charge on any atom is -0.338 e. The fraction of sp³-hybridized carbons (Fsp3) is 0.318. The standard InChI is InChI=1S/C22H25N5O3S/c1-5-26-21(18-10-6-8-15(2)12-18)23-24-22(26)31-14-20(28)25(4)16(3)17-9-7-11-19(13-17)27(29)30/h6-13,16H,5,14H2,1-4H3. The molecular formula is C22H25N5O3S. The number of aromatic nitrogens is 3. The molecule has 0 bridgehead atoms. The second kappa shape index (κ2) is 9.74. The Morgan fingerprint density at radius 3 is 2.65 bits per heavy atom. The molecule has 3 rings (SSSR count). The Balaban J connectivity index is 1.70. The second-order valence-electron chi connectivity index (χ2n) is 7.24. The summed E-state index contributed by atoms with van der Waals surface area (Å²) in [4.78, 5) is 25.0. The van der Waals surface area contributed by atoms with E-state index in [4.69, 9.17) is 0 Å². The summed E-state index contributed by atoms with van der Waals surface area (Å²) in [5.74, 6) is 0.882. The molecule has 1 unspecified atom stereocenters. The minimum absolute atomic E-state index is 0.0132. The lowest BCUT2D eigenvalue weighted by Crippen LogP contribution is -2.31. The Kier molecular flexibility index (Phi) is 7.06.